The maximum absolute atomic E-state index is 12.9. The fraction of sp³-hybridized carbons (Fsp3) is 0.682. The molecule has 0 saturated carbocycles. The number of anilines is 1. The van der Waals surface area contributed by atoms with Crippen LogP contribution < -0.4 is 9.62 Å². The fourth-order valence-electron chi connectivity index (χ4n) is 4.59. The standard InChI is InChI=1S/C22H35N5O5S/c1-17-5-4-11-26(16-17)22(28)18-8-12-25(13-9-18)20-7-6-19(15-21(20)27(29)30)33(31,32)23-10-14-24(2)3/h6-7,15,17-18,23H,4-5,8-14,16H2,1-3H3. The molecule has 2 heterocycles. The van der Waals surface area contributed by atoms with Crippen LogP contribution in [0.25, 0.3) is 0 Å². The van der Waals surface area contributed by atoms with E-state index in [1.807, 2.05) is 28.8 Å². The van der Waals surface area contributed by atoms with Crippen LogP contribution in [0.3, 0.4) is 0 Å². The molecule has 2 aliphatic heterocycles. The molecule has 0 radical (unpaired) electrons. The summed E-state index contributed by atoms with van der Waals surface area (Å²) in [6.45, 7) is 5.56. The summed E-state index contributed by atoms with van der Waals surface area (Å²) in [6, 6.07) is 4.04. The fourth-order valence-corrected chi connectivity index (χ4v) is 5.63. The van der Waals surface area contributed by atoms with Crippen LogP contribution in [0.2, 0.25) is 0 Å². The highest BCUT2D eigenvalue weighted by Gasteiger charge is 2.32. The Balaban J connectivity index is 1.68. The number of piperidine rings is 2. The Labute approximate surface area is 196 Å². The Morgan fingerprint density at radius 1 is 1.21 bits per heavy atom. The third kappa shape index (κ3) is 6.42. The number of carbonyl (C=O) groups excluding carboxylic acids is 1. The van der Waals surface area contributed by atoms with E-state index in [1.54, 1.807) is 0 Å². The van der Waals surface area contributed by atoms with E-state index in [-0.39, 0.29) is 29.0 Å². The molecule has 0 spiro atoms. The van der Waals surface area contributed by atoms with Crippen LogP contribution in [0.4, 0.5) is 11.4 Å². The molecule has 184 valence electrons. The van der Waals surface area contributed by atoms with Gasteiger partial charge in [0.2, 0.25) is 15.9 Å². The van der Waals surface area contributed by atoms with Crippen LogP contribution in [0.15, 0.2) is 23.1 Å². The third-order valence-corrected chi connectivity index (χ3v) is 7.92. The van der Waals surface area contributed by atoms with Gasteiger partial charge < -0.3 is 14.7 Å². The van der Waals surface area contributed by atoms with Crippen molar-refractivity contribution >= 4 is 27.3 Å². The lowest BCUT2D eigenvalue weighted by molar-refractivity contribution is -0.384. The van der Waals surface area contributed by atoms with Crippen molar-refractivity contribution in [2.75, 3.05) is 58.3 Å². The summed E-state index contributed by atoms with van der Waals surface area (Å²) in [7, 11) is -0.184. The van der Waals surface area contributed by atoms with Gasteiger partial charge in [-0.05, 0) is 57.8 Å². The molecule has 1 amide bonds. The van der Waals surface area contributed by atoms with Gasteiger partial charge >= 0.3 is 0 Å². The highest BCUT2D eigenvalue weighted by molar-refractivity contribution is 7.89. The van der Waals surface area contributed by atoms with Gasteiger partial charge in [-0.3, -0.25) is 14.9 Å². The van der Waals surface area contributed by atoms with E-state index in [4.69, 9.17) is 0 Å². The molecular weight excluding hydrogens is 446 g/mol. The van der Waals surface area contributed by atoms with Crippen LogP contribution in [0.5, 0.6) is 0 Å². The van der Waals surface area contributed by atoms with Gasteiger partial charge in [0, 0.05) is 51.3 Å². The van der Waals surface area contributed by atoms with E-state index in [2.05, 4.69) is 11.6 Å². The summed E-state index contributed by atoms with van der Waals surface area (Å²) in [5.41, 5.74) is 0.157. The van der Waals surface area contributed by atoms with Crippen molar-refractivity contribution < 1.29 is 18.1 Å². The van der Waals surface area contributed by atoms with Crippen LogP contribution in [0, 0.1) is 22.0 Å². The van der Waals surface area contributed by atoms with E-state index in [0.29, 0.717) is 44.1 Å². The van der Waals surface area contributed by atoms with Gasteiger partial charge in [0.25, 0.3) is 5.69 Å². The number of sulfonamides is 1. The quantitative estimate of drug-likeness (QED) is 0.445. The number of amides is 1. The zero-order chi connectivity index (χ0) is 24.2. The number of nitrogens with zero attached hydrogens (tertiary/aromatic N) is 4. The maximum atomic E-state index is 12.9. The van der Waals surface area contributed by atoms with Crippen molar-refractivity contribution in [1.29, 1.82) is 0 Å². The first-order valence-corrected chi connectivity index (χ1v) is 13.0. The first-order valence-electron chi connectivity index (χ1n) is 11.5. The molecule has 2 fully saturated rings. The summed E-state index contributed by atoms with van der Waals surface area (Å²) in [6.07, 6.45) is 3.46. The summed E-state index contributed by atoms with van der Waals surface area (Å²) in [4.78, 5) is 29.7. The molecule has 1 aromatic carbocycles. The van der Waals surface area contributed by atoms with Crippen LogP contribution >= 0.6 is 0 Å². The Hall–Kier alpha value is -2.24. The Kier molecular flexibility index (Phi) is 8.30. The molecule has 11 heteroatoms. The van der Waals surface area contributed by atoms with Crippen LogP contribution in [-0.2, 0) is 14.8 Å². The lowest BCUT2D eigenvalue weighted by Crippen LogP contribution is -2.46. The molecule has 1 N–H and O–H groups in total. The van der Waals surface area contributed by atoms with Crippen LogP contribution in [-0.4, -0.2) is 82.4 Å². The predicted molar refractivity (Wildman–Crippen MR) is 127 cm³/mol. The molecule has 1 aromatic rings. The van der Waals surface area contributed by atoms with E-state index in [9.17, 15) is 23.3 Å². The summed E-state index contributed by atoms with van der Waals surface area (Å²) >= 11 is 0. The van der Waals surface area contributed by atoms with Crippen molar-refractivity contribution in [2.24, 2.45) is 11.8 Å². The molecular formula is C22H35N5O5S. The number of hydrogen-bond acceptors (Lipinski definition) is 7. The van der Waals surface area contributed by atoms with Crippen molar-refractivity contribution in [1.82, 2.24) is 14.5 Å². The first kappa shape index (κ1) is 25.4. The number of nitrogens with one attached hydrogen (secondary N) is 1. The number of rotatable bonds is 8. The average molecular weight is 482 g/mol. The topological polar surface area (TPSA) is 116 Å². The molecule has 2 aliphatic rings. The molecule has 3 rings (SSSR count). The summed E-state index contributed by atoms with van der Waals surface area (Å²) < 4.78 is 27.6. The smallest absolute Gasteiger partial charge is 0.293 e. The zero-order valence-corrected chi connectivity index (χ0v) is 20.5. The lowest BCUT2D eigenvalue weighted by atomic mass is 9.92. The number of likely N-dealkylation sites (N-methyl/N-ethyl adjacent to an activating group) is 1. The van der Waals surface area contributed by atoms with Crippen molar-refractivity contribution in [2.45, 2.75) is 37.5 Å². The summed E-state index contributed by atoms with van der Waals surface area (Å²) in [5.74, 6) is 0.657. The third-order valence-electron chi connectivity index (χ3n) is 6.46. The molecule has 1 atom stereocenters. The molecule has 0 aliphatic carbocycles. The van der Waals surface area contributed by atoms with Gasteiger partial charge in [0.1, 0.15) is 5.69 Å². The largest absolute Gasteiger partial charge is 0.366 e. The number of benzene rings is 1. The van der Waals surface area contributed by atoms with Gasteiger partial charge in [0.05, 0.1) is 9.82 Å². The van der Waals surface area contributed by atoms with E-state index >= 15 is 0 Å². The monoisotopic (exact) mass is 481 g/mol. The second-order valence-electron chi connectivity index (χ2n) is 9.40. The lowest BCUT2D eigenvalue weighted by Gasteiger charge is -2.37. The number of likely N-dealkylation sites (tertiary alicyclic amines) is 1. The minimum Gasteiger partial charge on any atom is -0.366 e. The minimum atomic E-state index is -3.85. The van der Waals surface area contributed by atoms with Crippen molar-refractivity contribution in [3.63, 3.8) is 0 Å². The SMILES string of the molecule is CC1CCCN(C(=O)C2CCN(c3ccc(S(=O)(=O)NCCN(C)C)cc3[N+](=O)[O-])CC2)C1. The van der Waals surface area contributed by atoms with Gasteiger partial charge in [-0.15, -0.1) is 0 Å². The second kappa shape index (κ2) is 10.8. The highest BCUT2D eigenvalue weighted by Crippen LogP contribution is 2.34. The average Bonchev–Trinajstić information content (AvgIpc) is 2.78. The number of carbonyl (C=O) groups is 1. The molecule has 0 aromatic heterocycles. The summed E-state index contributed by atoms with van der Waals surface area (Å²) in [5, 5.41) is 11.8. The van der Waals surface area contributed by atoms with Gasteiger partial charge in [0.15, 0.2) is 0 Å². The highest BCUT2D eigenvalue weighted by atomic mass is 32.2. The predicted octanol–water partition coefficient (Wildman–Crippen LogP) is 1.91. The Morgan fingerprint density at radius 3 is 2.52 bits per heavy atom. The Bertz CT molecular complexity index is 960. The molecule has 2 saturated heterocycles. The Morgan fingerprint density at radius 2 is 1.91 bits per heavy atom. The van der Waals surface area contributed by atoms with Gasteiger partial charge in [-0.2, -0.15) is 0 Å². The maximum Gasteiger partial charge on any atom is 0.293 e. The van der Waals surface area contributed by atoms with E-state index in [1.165, 1.54) is 12.1 Å². The second-order valence-corrected chi connectivity index (χ2v) is 11.2. The normalized spacial score (nSPS) is 20.3. The van der Waals surface area contributed by atoms with Crippen LogP contribution in [0.1, 0.15) is 32.6 Å². The number of nitro groups is 1. The van der Waals surface area contributed by atoms with E-state index < -0.39 is 14.9 Å². The zero-order valence-electron chi connectivity index (χ0n) is 19.7. The van der Waals surface area contributed by atoms with Crippen molar-refractivity contribution in [3.05, 3.63) is 28.3 Å². The van der Waals surface area contributed by atoms with Crippen molar-refractivity contribution in [3.8, 4) is 0 Å². The molecule has 1 unspecified atom stereocenters. The number of nitro benzene ring substituents is 1. The molecule has 0 bridgehead atoms. The van der Waals surface area contributed by atoms with Gasteiger partial charge in [-0.25, -0.2) is 13.1 Å². The minimum absolute atomic E-state index is 0.0637. The molecule has 10 nitrogen and oxygen atoms in total. The first-order chi connectivity index (χ1) is 15.6. The molecule has 33 heavy (non-hydrogen) atoms. The number of hydrogen-bond donors (Lipinski definition) is 1. The van der Waals surface area contributed by atoms with E-state index in [0.717, 1.165) is 32.0 Å². The van der Waals surface area contributed by atoms with Gasteiger partial charge in [-0.1, -0.05) is 6.92 Å².